The number of rotatable bonds is 8. The molecule has 0 saturated carbocycles. The first-order chi connectivity index (χ1) is 13.2. The van der Waals surface area contributed by atoms with Crippen LogP contribution in [0.25, 0.3) is 0 Å². The SMILES string of the molecule is CC(C)C[C@@H](NC(=O)Nc1ccc(Br)cc1)C(=O)CC(C)(C)C(=O)OC(C)(C)C. The first kappa shape index (κ1) is 25.1. The number of carbonyl (C=O) groups is 3. The lowest BCUT2D eigenvalue weighted by Crippen LogP contribution is -2.46. The van der Waals surface area contributed by atoms with E-state index in [2.05, 4.69) is 26.6 Å². The average molecular weight is 469 g/mol. The Balaban J connectivity index is 2.82. The third-order valence-corrected chi connectivity index (χ3v) is 4.60. The minimum Gasteiger partial charge on any atom is -0.460 e. The van der Waals surface area contributed by atoms with E-state index in [4.69, 9.17) is 4.74 Å². The molecule has 0 aliphatic rings. The van der Waals surface area contributed by atoms with Crippen molar-refractivity contribution >= 4 is 39.4 Å². The molecular weight excluding hydrogens is 436 g/mol. The Morgan fingerprint density at radius 1 is 1.03 bits per heavy atom. The van der Waals surface area contributed by atoms with Gasteiger partial charge in [-0.1, -0.05) is 29.8 Å². The van der Waals surface area contributed by atoms with Gasteiger partial charge in [-0.15, -0.1) is 0 Å². The van der Waals surface area contributed by atoms with Gasteiger partial charge in [0.1, 0.15) is 5.60 Å². The Bertz CT molecular complexity index is 721. The summed E-state index contributed by atoms with van der Waals surface area (Å²) in [6.45, 7) is 12.7. The first-order valence-corrected chi connectivity index (χ1v) is 10.6. The third-order valence-electron chi connectivity index (χ3n) is 4.07. The van der Waals surface area contributed by atoms with Crippen LogP contribution in [0.5, 0.6) is 0 Å². The van der Waals surface area contributed by atoms with Crippen LogP contribution in [-0.2, 0) is 14.3 Å². The fraction of sp³-hybridized carbons (Fsp3) is 0.591. The summed E-state index contributed by atoms with van der Waals surface area (Å²) in [7, 11) is 0. The summed E-state index contributed by atoms with van der Waals surface area (Å²) in [5, 5.41) is 5.49. The van der Waals surface area contributed by atoms with Crippen LogP contribution in [0.2, 0.25) is 0 Å². The maximum absolute atomic E-state index is 12.9. The van der Waals surface area contributed by atoms with Crippen molar-refractivity contribution in [1.82, 2.24) is 5.32 Å². The summed E-state index contributed by atoms with van der Waals surface area (Å²) in [6, 6.07) is 6.00. The monoisotopic (exact) mass is 468 g/mol. The van der Waals surface area contributed by atoms with Crippen LogP contribution >= 0.6 is 15.9 Å². The Kier molecular flexibility index (Phi) is 8.87. The van der Waals surface area contributed by atoms with E-state index in [9.17, 15) is 14.4 Å². The van der Waals surface area contributed by atoms with Crippen LogP contribution in [0, 0.1) is 11.3 Å². The van der Waals surface area contributed by atoms with Crippen molar-refractivity contribution in [2.75, 3.05) is 5.32 Å². The van der Waals surface area contributed by atoms with E-state index in [1.165, 1.54) is 0 Å². The quantitative estimate of drug-likeness (QED) is 0.506. The zero-order valence-corrected chi connectivity index (χ0v) is 20.0. The van der Waals surface area contributed by atoms with Crippen molar-refractivity contribution in [3.8, 4) is 0 Å². The second-order valence-corrected chi connectivity index (χ2v) is 10.2. The number of ketones is 1. The fourth-order valence-electron chi connectivity index (χ4n) is 2.65. The van der Waals surface area contributed by atoms with Crippen LogP contribution in [0.4, 0.5) is 10.5 Å². The molecular formula is C22H33BrN2O4. The van der Waals surface area contributed by atoms with Crippen molar-refractivity contribution in [1.29, 1.82) is 0 Å². The average Bonchev–Trinajstić information content (AvgIpc) is 2.54. The lowest BCUT2D eigenvalue weighted by atomic mass is 9.84. The number of ether oxygens (including phenoxy) is 1. The lowest BCUT2D eigenvalue weighted by molar-refractivity contribution is -0.167. The summed E-state index contributed by atoms with van der Waals surface area (Å²) in [5.74, 6) is -0.428. The molecule has 0 heterocycles. The highest BCUT2D eigenvalue weighted by molar-refractivity contribution is 9.10. The summed E-state index contributed by atoms with van der Waals surface area (Å²) in [4.78, 5) is 37.8. The molecule has 2 N–H and O–H groups in total. The van der Waals surface area contributed by atoms with Gasteiger partial charge in [0.2, 0.25) is 0 Å². The third kappa shape index (κ3) is 9.43. The number of amides is 2. The molecule has 0 bridgehead atoms. The highest BCUT2D eigenvalue weighted by Gasteiger charge is 2.37. The van der Waals surface area contributed by atoms with E-state index in [1.54, 1.807) is 46.8 Å². The molecule has 162 valence electrons. The second-order valence-electron chi connectivity index (χ2n) is 9.32. The topological polar surface area (TPSA) is 84.5 Å². The van der Waals surface area contributed by atoms with Crippen molar-refractivity contribution in [2.24, 2.45) is 11.3 Å². The van der Waals surface area contributed by atoms with Gasteiger partial charge in [0.25, 0.3) is 0 Å². The van der Waals surface area contributed by atoms with Gasteiger partial charge < -0.3 is 15.4 Å². The Morgan fingerprint density at radius 2 is 1.59 bits per heavy atom. The van der Waals surface area contributed by atoms with Crippen molar-refractivity contribution in [3.05, 3.63) is 28.7 Å². The number of carbonyl (C=O) groups excluding carboxylic acids is 3. The molecule has 7 heteroatoms. The number of benzene rings is 1. The molecule has 29 heavy (non-hydrogen) atoms. The molecule has 0 saturated heterocycles. The number of hydrogen-bond donors (Lipinski definition) is 2. The summed E-state index contributed by atoms with van der Waals surface area (Å²) in [5.41, 5.74) is -0.989. The normalized spacial score (nSPS) is 13.0. The fourth-order valence-corrected chi connectivity index (χ4v) is 2.91. The smallest absolute Gasteiger partial charge is 0.319 e. The standard InChI is InChI=1S/C22H33BrN2O4/c1-14(2)12-17(25-20(28)24-16-10-8-15(23)9-11-16)18(26)13-22(6,7)19(27)29-21(3,4)5/h8-11,14,17H,12-13H2,1-7H3,(H2,24,25,28)/t17-/m1/s1. The number of nitrogens with one attached hydrogen (secondary N) is 2. The highest BCUT2D eigenvalue weighted by atomic mass is 79.9. The zero-order chi connectivity index (χ0) is 22.4. The van der Waals surface area contributed by atoms with Gasteiger partial charge >= 0.3 is 12.0 Å². The number of hydrogen-bond acceptors (Lipinski definition) is 4. The molecule has 1 atom stereocenters. The van der Waals surface area contributed by atoms with Gasteiger partial charge in [0, 0.05) is 16.6 Å². The van der Waals surface area contributed by atoms with Crippen molar-refractivity contribution < 1.29 is 19.1 Å². The summed E-state index contributed by atoms with van der Waals surface area (Å²) in [6.07, 6.45) is 0.467. The van der Waals surface area contributed by atoms with E-state index in [-0.39, 0.29) is 18.1 Å². The first-order valence-electron chi connectivity index (χ1n) is 9.79. The van der Waals surface area contributed by atoms with E-state index >= 15 is 0 Å². The molecule has 0 aromatic heterocycles. The zero-order valence-electron chi connectivity index (χ0n) is 18.4. The predicted octanol–water partition coefficient (Wildman–Crippen LogP) is 5.31. The van der Waals surface area contributed by atoms with Gasteiger partial charge in [-0.25, -0.2) is 4.79 Å². The van der Waals surface area contributed by atoms with E-state index in [1.807, 2.05) is 26.0 Å². The maximum Gasteiger partial charge on any atom is 0.319 e. The van der Waals surface area contributed by atoms with E-state index in [0.717, 1.165) is 4.47 Å². The summed E-state index contributed by atoms with van der Waals surface area (Å²) >= 11 is 3.34. The molecule has 1 aromatic carbocycles. The summed E-state index contributed by atoms with van der Waals surface area (Å²) < 4.78 is 6.34. The molecule has 1 rings (SSSR count). The highest BCUT2D eigenvalue weighted by Crippen LogP contribution is 2.27. The van der Waals surface area contributed by atoms with Crippen LogP contribution in [-0.4, -0.2) is 29.4 Å². The number of urea groups is 1. The van der Waals surface area contributed by atoms with Gasteiger partial charge in [-0.05, 0) is 71.2 Å². The second kappa shape index (κ2) is 10.2. The Hall–Kier alpha value is -1.89. The van der Waals surface area contributed by atoms with Gasteiger partial charge in [-0.3, -0.25) is 9.59 Å². The van der Waals surface area contributed by atoms with E-state index in [0.29, 0.717) is 12.1 Å². The van der Waals surface area contributed by atoms with Crippen molar-refractivity contribution in [2.45, 2.75) is 73.0 Å². The molecule has 2 amide bonds. The van der Waals surface area contributed by atoms with Gasteiger partial charge in [0.15, 0.2) is 5.78 Å². The van der Waals surface area contributed by atoms with Crippen LogP contribution < -0.4 is 10.6 Å². The molecule has 0 fully saturated rings. The maximum atomic E-state index is 12.9. The van der Waals surface area contributed by atoms with Gasteiger partial charge in [-0.2, -0.15) is 0 Å². The lowest BCUT2D eigenvalue weighted by Gasteiger charge is -2.29. The van der Waals surface area contributed by atoms with Crippen LogP contribution in [0.3, 0.4) is 0 Å². The molecule has 0 spiro atoms. The van der Waals surface area contributed by atoms with Crippen LogP contribution in [0.15, 0.2) is 28.7 Å². The molecule has 0 radical (unpaired) electrons. The number of esters is 1. The largest absolute Gasteiger partial charge is 0.460 e. The molecule has 0 aliphatic heterocycles. The Labute approximate surface area is 182 Å². The number of halogens is 1. The number of Topliss-reactive ketones (excluding diaryl/α,β-unsaturated/α-hetero) is 1. The predicted molar refractivity (Wildman–Crippen MR) is 119 cm³/mol. The molecule has 6 nitrogen and oxygen atoms in total. The van der Waals surface area contributed by atoms with Crippen molar-refractivity contribution in [3.63, 3.8) is 0 Å². The molecule has 1 aromatic rings. The molecule has 0 aliphatic carbocycles. The van der Waals surface area contributed by atoms with Crippen LogP contribution in [0.1, 0.15) is 61.3 Å². The molecule has 0 unspecified atom stereocenters. The minimum atomic E-state index is -0.983. The minimum absolute atomic E-state index is 0.0160. The van der Waals surface area contributed by atoms with Gasteiger partial charge in [0.05, 0.1) is 11.5 Å². The Morgan fingerprint density at radius 3 is 2.07 bits per heavy atom. The number of anilines is 1. The van der Waals surface area contributed by atoms with E-state index < -0.39 is 29.1 Å².